The molecule has 7 heteroatoms. The molecule has 3 aromatic carbocycles. The number of para-hydroxylation sites is 2. The van der Waals surface area contributed by atoms with Crippen LogP contribution in [0.25, 0.3) is 0 Å². The number of fused-ring (bicyclic) bond motifs is 5. The van der Waals surface area contributed by atoms with Gasteiger partial charge in [-0.2, -0.15) is 0 Å². The molecule has 2 bridgehead atoms. The number of benzene rings is 3. The Morgan fingerprint density at radius 3 is 2.24 bits per heavy atom. The quantitative estimate of drug-likeness (QED) is 0.285. The van der Waals surface area contributed by atoms with Gasteiger partial charge in [0.05, 0.1) is 26.2 Å². The van der Waals surface area contributed by atoms with Crippen LogP contribution in [0.3, 0.4) is 0 Å². The molecule has 6 nitrogen and oxygen atoms in total. The molecule has 3 saturated heterocycles. The Kier molecular flexibility index (Phi) is 6.13. The summed E-state index contributed by atoms with van der Waals surface area (Å²) in [6.45, 7) is 4.32. The van der Waals surface area contributed by atoms with Gasteiger partial charge in [0.1, 0.15) is 29.6 Å². The van der Waals surface area contributed by atoms with Gasteiger partial charge in [0, 0.05) is 36.3 Å². The molecule has 4 heterocycles. The van der Waals surface area contributed by atoms with Crippen molar-refractivity contribution in [2.75, 3.05) is 32.8 Å². The van der Waals surface area contributed by atoms with Crippen LogP contribution in [0, 0.1) is 11.7 Å². The fourth-order valence-corrected chi connectivity index (χ4v) is 6.21. The predicted octanol–water partition coefficient (Wildman–Crippen LogP) is 4.79. The Labute approximate surface area is 215 Å². The highest BCUT2D eigenvalue weighted by Crippen LogP contribution is 2.48. The summed E-state index contributed by atoms with van der Waals surface area (Å²) in [7, 11) is 0. The van der Waals surface area contributed by atoms with Crippen molar-refractivity contribution in [3.8, 4) is 17.2 Å². The Morgan fingerprint density at radius 1 is 0.973 bits per heavy atom. The molecule has 0 saturated carbocycles. The van der Waals surface area contributed by atoms with Gasteiger partial charge in [0.15, 0.2) is 6.10 Å². The number of ether oxygens (including phenoxy) is 3. The smallest absolute Gasteiger partial charge is 0.348 e. The zero-order valence-corrected chi connectivity index (χ0v) is 20.6. The zero-order valence-electron chi connectivity index (χ0n) is 20.6. The van der Waals surface area contributed by atoms with Crippen molar-refractivity contribution in [3.05, 3.63) is 89.7 Å². The van der Waals surface area contributed by atoms with Crippen molar-refractivity contribution < 1.29 is 33.0 Å². The molecule has 1 atom stereocenters. The highest BCUT2D eigenvalue weighted by Gasteiger charge is 2.52. The van der Waals surface area contributed by atoms with Crippen LogP contribution >= 0.6 is 0 Å². The Hall–Kier alpha value is -3.42. The van der Waals surface area contributed by atoms with Crippen LogP contribution in [0.5, 0.6) is 17.2 Å². The maximum absolute atomic E-state index is 13.8. The van der Waals surface area contributed by atoms with Crippen molar-refractivity contribution in [1.29, 1.82) is 0 Å². The molecule has 7 rings (SSSR count). The van der Waals surface area contributed by atoms with Gasteiger partial charge in [-0.1, -0.05) is 36.4 Å². The summed E-state index contributed by atoms with van der Waals surface area (Å²) in [5.74, 6) is 0.953. The third kappa shape index (κ3) is 4.36. The third-order valence-electron chi connectivity index (χ3n) is 8.23. The topological polar surface area (TPSA) is 65.0 Å². The van der Waals surface area contributed by atoms with Gasteiger partial charge in [-0.3, -0.25) is 0 Å². The summed E-state index contributed by atoms with van der Waals surface area (Å²) in [5, 5.41) is 11.9. The van der Waals surface area contributed by atoms with Crippen molar-refractivity contribution in [2.24, 2.45) is 5.92 Å². The minimum atomic E-state index is -1.93. The summed E-state index contributed by atoms with van der Waals surface area (Å²) in [6.07, 6.45) is 2.58. The van der Waals surface area contributed by atoms with Gasteiger partial charge < -0.3 is 23.8 Å². The molecule has 0 aromatic heterocycles. The van der Waals surface area contributed by atoms with Crippen molar-refractivity contribution >= 4 is 5.97 Å². The van der Waals surface area contributed by atoms with E-state index in [9.17, 15) is 14.3 Å². The number of hydrogen-bond acceptors (Lipinski definition) is 5. The average molecular weight is 505 g/mol. The molecule has 1 N–H and O–H groups in total. The number of rotatable bonds is 7. The number of nitrogens with zero attached hydrogens (tertiary/aromatic N) is 1. The van der Waals surface area contributed by atoms with Gasteiger partial charge >= 0.3 is 5.97 Å². The van der Waals surface area contributed by atoms with E-state index in [0.29, 0.717) is 40.9 Å². The Bertz CT molecular complexity index is 1240. The molecule has 3 aromatic rings. The van der Waals surface area contributed by atoms with E-state index in [1.54, 1.807) is 48.5 Å². The summed E-state index contributed by atoms with van der Waals surface area (Å²) >= 11 is 0. The molecule has 0 unspecified atom stereocenters. The highest BCUT2D eigenvalue weighted by atomic mass is 19.1. The van der Waals surface area contributed by atoms with Crippen LogP contribution in [0.4, 0.5) is 4.39 Å². The maximum atomic E-state index is 13.8. The predicted molar refractivity (Wildman–Crippen MR) is 135 cm³/mol. The zero-order chi connectivity index (χ0) is 25.5. The number of piperidine rings is 3. The van der Waals surface area contributed by atoms with Crippen LogP contribution in [-0.4, -0.2) is 54.4 Å². The second-order valence-corrected chi connectivity index (χ2v) is 10.4. The molecule has 192 valence electrons. The first-order valence-corrected chi connectivity index (χ1v) is 13.0. The van der Waals surface area contributed by atoms with Gasteiger partial charge in [-0.05, 0) is 36.4 Å². The molecule has 0 aliphatic carbocycles. The monoisotopic (exact) mass is 504 g/mol. The van der Waals surface area contributed by atoms with E-state index in [4.69, 9.17) is 14.2 Å². The molecule has 4 aliphatic rings. The molecular weight excluding hydrogens is 473 g/mol. The van der Waals surface area contributed by atoms with Crippen LogP contribution in [0.1, 0.15) is 30.4 Å². The SMILES string of the molecule is O=C(O[C@H]1C[N+]2(CCCOc3ccc(F)cc3)CCC1CC2)C1(O)c2ccccc2Oc2ccccc21. The van der Waals surface area contributed by atoms with E-state index in [1.165, 1.54) is 12.1 Å². The van der Waals surface area contributed by atoms with Crippen LogP contribution in [0.15, 0.2) is 72.8 Å². The molecule has 0 amide bonds. The van der Waals surface area contributed by atoms with E-state index in [0.717, 1.165) is 49.9 Å². The lowest BCUT2D eigenvalue weighted by Crippen LogP contribution is -2.65. The molecule has 4 aliphatic heterocycles. The fourth-order valence-electron chi connectivity index (χ4n) is 6.21. The standard InChI is InChI=1S/C30H31FNO5/c31-22-10-12-23(13-11-22)35-19-5-16-32-17-14-21(15-18-32)28(20-32)37-29(33)30(34)24-6-1-3-8-26(24)36-27-9-4-2-7-25(27)30/h1-4,6-13,21,28,34H,5,14-20H2/q+1/t21?,28-,32?/m0/s1. The molecule has 37 heavy (non-hydrogen) atoms. The molecule has 3 fully saturated rings. The van der Waals surface area contributed by atoms with Crippen LogP contribution in [-0.2, 0) is 15.1 Å². The lowest BCUT2D eigenvalue weighted by molar-refractivity contribution is -0.946. The third-order valence-corrected chi connectivity index (χ3v) is 8.23. The lowest BCUT2D eigenvalue weighted by Gasteiger charge is -2.52. The largest absolute Gasteiger partial charge is 0.493 e. The number of quaternary nitrogens is 1. The number of carbonyl (C=O) groups excluding carboxylic acids is 1. The van der Waals surface area contributed by atoms with E-state index >= 15 is 0 Å². The number of carbonyl (C=O) groups is 1. The number of hydrogen-bond donors (Lipinski definition) is 1. The average Bonchev–Trinajstić information content (AvgIpc) is 2.93. The van der Waals surface area contributed by atoms with E-state index in [2.05, 4.69) is 0 Å². The van der Waals surface area contributed by atoms with E-state index in [1.807, 2.05) is 12.1 Å². The number of aliphatic hydroxyl groups is 1. The summed E-state index contributed by atoms with van der Waals surface area (Å²) in [6, 6.07) is 20.2. The molecule has 0 radical (unpaired) electrons. The van der Waals surface area contributed by atoms with Gasteiger partial charge in [-0.15, -0.1) is 0 Å². The van der Waals surface area contributed by atoms with Gasteiger partial charge in [-0.25, -0.2) is 9.18 Å². The normalized spacial score (nSPS) is 24.9. The minimum Gasteiger partial charge on any atom is -0.493 e. The van der Waals surface area contributed by atoms with Crippen molar-refractivity contribution in [2.45, 2.75) is 31.0 Å². The van der Waals surface area contributed by atoms with Crippen molar-refractivity contribution in [3.63, 3.8) is 0 Å². The maximum Gasteiger partial charge on any atom is 0.348 e. The Balaban J connectivity index is 1.15. The van der Waals surface area contributed by atoms with Gasteiger partial charge in [0.25, 0.3) is 0 Å². The highest BCUT2D eigenvalue weighted by molar-refractivity contribution is 5.88. The van der Waals surface area contributed by atoms with E-state index in [-0.39, 0.29) is 11.9 Å². The first kappa shape index (κ1) is 23.9. The second kappa shape index (κ2) is 9.47. The van der Waals surface area contributed by atoms with Crippen LogP contribution in [0.2, 0.25) is 0 Å². The van der Waals surface area contributed by atoms with Crippen LogP contribution < -0.4 is 9.47 Å². The first-order chi connectivity index (χ1) is 18.0. The minimum absolute atomic E-state index is 0.251. The van der Waals surface area contributed by atoms with Crippen molar-refractivity contribution in [1.82, 2.24) is 0 Å². The summed E-state index contributed by atoms with van der Waals surface area (Å²) in [4.78, 5) is 13.8. The molecular formula is C30H31FNO5+. The van der Waals surface area contributed by atoms with E-state index < -0.39 is 11.6 Å². The first-order valence-electron chi connectivity index (χ1n) is 13.0. The molecule has 0 spiro atoms. The van der Waals surface area contributed by atoms with Gasteiger partial charge in [0.2, 0.25) is 5.60 Å². The lowest BCUT2D eigenvalue weighted by atomic mass is 9.81. The number of halogens is 1. The summed E-state index contributed by atoms with van der Waals surface area (Å²) in [5.41, 5.74) is -1.12. The Morgan fingerprint density at radius 2 is 1.59 bits per heavy atom. The second-order valence-electron chi connectivity index (χ2n) is 10.4. The number of esters is 1. The summed E-state index contributed by atoms with van der Waals surface area (Å²) < 4.78 is 31.9. The fraction of sp³-hybridized carbons (Fsp3) is 0.367.